The number of nitrogens with one attached hydrogen (secondary N) is 2. The number of unbranched alkanes of at least 4 members (excludes halogenated alkanes) is 1. The predicted octanol–water partition coefficient (Wildman–Crippen LogP) is 4.06. The van der Waals surface area contributed by atoms with Crippen molar-refractivity contribution in [1.29, 1.82) is 0 Å². The van der Waals surface area contributed by atoms with Gasteiger partial charge in [0.2, 0.25) is 0 Å². The molecule has 2 aromatic rings. The van der Waals surface area contributed by atoms with Crippen LogP contribution in [0.1, 0.15) is 56.8 Å². The van der Waals surface area contributed by atoms with Crippen LogP contribution in [0.5, 0.6) is 11.5 Å². The molecule has 0 bridgehead atoms. The van der Waals surface area contributed by atoms with Gasteiger partial charge in [0.05, 0.1) is 19.8 Å². The summed E-state index contributed by atoms with van der Waals surface area (Å²) in [6.07, 6.45) is 11.0. The first-order chi connectivity index (χ1) is 15.2. The molecule has 0 amide bonds. The maximum Gasteiger partial charge on any atom is 0.191 e. The molecule has 1 aliphatic rings. The van der Waals surface area contributed by atoms with Gasteiger partial charge in [-0.15, -0.1) is 0 Å². The van der Waals surface area contributed by atoms with Crippen LogP contribution in [0.15, 0.2) is 35.6 Å². The topological polar surface area (TPSA) is 72.7 Å². The van der Waals surface area contributed by atoms with Crippen molar-refractivity contribution in [3.05, 3.63) is 42.0 Å². The average Bonchev–Trinajstić information content (AvgIpc) is 3.44. The van der Waals surface area contributed by atoms with Crippen LogP contribution in [0.2, 0.25) is 0 Å². The van der Waals surface area contributed by atoms with E-state index in [1.54, 1.807) is 7.11 Å². The summed E-state index contributed by atoms with van der Waals surface area (Å²) >= 11 is 0. The zero-order valence-corrected chi connectivity index (χ0v) is 19.2. The fraction of sp³-hybridized carbons (Fsp3) is 0.583. The van der Waals surface area contributed by atoms with Crippen LogP contribution in [-0.4, -0.2) is 41.8 Å². The number of aryl methyl sites for hydroxylation is 2. The number of guanidine groups is 1. The normalized spacial score (nSPS) is 14.6. The Morgan fingerprint density at radius 2 is 2.06 bits per heavy atom. The van der Waals surface area contributed by atoms with E-state index in [1.165, 1.54) is 12.8 Å². The van der Waals surface area contributed by atoms with Crippen LogP contribution in [0.3, 0.4) is 0 Å². The number of hydrogen-bond acceptors (Lipinski definition) is 4. The highest BCUT2D eigenvalue weighted by molar-refractivity contribution is 5.79. The second-order valence-corrected chi connectivity index (χ2v) is 7.97. The molecule has 7 heteroatoms. The number of para-hydroxylation sites is 1. The summed E-state index contributed by atoms with van der Waals surface area (Å²) in [4.78, 5) is 9.07. The van der Waals surface area contributed by atoms with E-state index in [-0.39, 0.29) is 6.10 Å². The second kappa shape index (κ2) is 12.2. The predicted molar refractivity (Wildman–Crippen MR) is 125 cm³/mol. The van der Waals surface area contributed by atoms with Gasteiger partial charge in [0.1, 0.15) is 5.82 Å². The molecule has 31 heavy (non-hydrogen) atoms. The summed E-state index contributed by atoms with van der Waals surface area (Å²) in [5, 5.41) is 6.79. The highest BCUT2D eigenvalue weighted by Crippen LogP contribution is 2.35. The first-order valence-electron chi connectivity index (χ1n) is 11.5. The van der Waals surface area contributed by atoms with E-state index in [1.807, 2.05) is 31.5 Å². The SMILES string of the molecule is CCNC(=NCc1cccc(OC)c1OC1CCCC1)NCCCCn1ccnc1C. The van der Waals surface area contributed by atoms with E-state index in [2.05, 4.69) is 33.2 Å². The van der Waals surface area contributed by atoms with Crippen molar-refractivity contribution in [3.63, 3.8) is 0 Å². The van der Waals surface area contributed by atoms with Crippen molar-refractivity contribution in [2.75, 3.05) is 20.2 Å². The third kappa shape index (κ3) is 6.91. The number of aliphatic imine (C=N–C) groups is 1. The zero-order valence-electron chi connectivity index (χ0n) is 19.2. The van der Waals surface area contributed by atoms with Gasteiger partial charge in [-0.25, -0.2) is 9.98 Å². The molecule has 1 fully saturated rings. The number of ether oxygens (including phenoxy) is 2. The summed E-state index contributed by atoms with van der Waals surface area (Å²) in [5.41, 5.74) is 1.05. The molecule has 1 aromatic heterocycles. The third-order valence-corrected chi connectivity index (χ3v) is 5.66. The molecule has 0 radical (unpaired) electrons. The van der Waals surface area contributed by atoms with Gasteiger partial charge in [-0.2, -0.15) is 0 Å². The molecule has 1 aliphatic carbocycles. The maximum absolute atomic E-state index is 6.34. The molecule has 7 nitrogen and oxygen atoms in total. The fourth-order valence-corrected chi connectivity index (χ4v) is 3.91. The highest BCUT2D eigenvalue weighted by atomic mass is 16.5. The van der Waals surface area contributed by atoms with Gasteiger partial charge in [0.25, 0.3) is 0 Å². The molecule has 2 N–H and O–H groups in total. The minimum Gasteiger partial charge on any atom is -0.493 e. The average molecular weight is 428 g/mol. The third-order valence-electron chi connectivity index (χ3n) is 5.66. The number of hydrogen-bond donors (Lipinski definition) is 2. The lowest BCUT2D eigenvalue weighted by atomic mass is 10.1. The molecule has 1 saturated carbocycles. The van der Waals surface area contributed by atoms with Crippen molar-refractivity contribution in [2.24, 2.45) is 4.99 Å². The Labute approximate surface area is 186 Å². The number of benzene rings is 1. The Kier molecular flexibility index (Phi) is 9.06. The molecule has 1 aromatic carbocycles. The molecule has 170 valence electrons. The molecular weight excluding hydrogens is 390 g/mol. The van der Waals surface area contributed by atoms with Crippen molar-refractivity contribution >= 4 is 5.96 Å². The van der Waals surface area contributed by atoms with E-state index >= 15 is 0 Å². The molecular formula is C24H37N5O2. The second-order valence-electron chi connectivity index (χ2n) is 7.97. The van der Waals surface area contributed by atoms with Crippen LogP contribution < -0.4 is 20.1 Å². The van der Waals surface area contributed by atoms with E-state index in [4.69, 9.17) is 14.5 Å². The summed E-state index contributed by atoms with van der Waals surface area (Å²) < 4.78 is 14.1. The number of nitrogens with zero attached hydrogens (tertiary/aromatic N) is 3. The van der Waals surface area contributed by atoms with Crippen molar-refractivity contribution in [3.8, 4) is 11.5 Å². The number of aromatic nitrogens is 2. The molecule has 0 atom stereocenters. The van der Waals surface area contributed by atoms with Gasteiger partial charge in [0.15, 0.2) is 17.5 Å². The van der Waals surface area contributed by atoms with Crippen molar-refractivity contribution < 1.29 is 9.47 Å². The van der Waals surface area contributed by atoms with Crippen LogP contribution in [0.4, 0.5) is 0 Å². The van der Waals surface area contributed by atoms with Gasteiger partial charge in [-0.1, -0.05) is 12.1 Å². The van der Waals surface area contributed by atoms with Crippen LogP contribution in [0, 0.1) is 6.92 Å². The smallest absolute Gasteiger partial charge is 0.191 e. The molecule has 3 rings (SSSR count). The lowest BCUT2D eigenvalue weighted by molar-refractivity contribution is 0.198. The first kappa shape index (κ1) is 23.0. The van der Waals surface area contributed by atoms with E-state index in [9.17, 15) is 0 Å². The summed E-state index contributed by atoms with van der Waals surface area (Å²) in [6.45, 7) is 7.36. The standard InChI is InChI=1S/C24H37N5O2/c1-4-25-24(27-14-7-8-16-29-17-15-26-19(29)2)28-18-20-10-9-13-22(30-3)23(20)31-21-11-5-6-12-21/h9-10,13,15,17,21H,4-8,11-12,14,16,18H2,1-3H3,(H2,25,27,28). The Balaban J connectivity index is 1.55. The Bertz CT molecular complexity index is 827. The molecule has 0 unspecified atom stereocenters. The molecule has 0 saturated heterocycles. The van der Waals surface area contributed by atoms with Gasteiger partial charge < -0.3 is 24.7 Å². The minimum absolute atomic E-state index is 0.282. The quantitative estimate of drug-likeness (QED) is 0.321. The Hall–Kier alpha value is -2.70. The largest absolute Gasteiger partial charge is 0.493 e. The van der Waals surface area contributed by atoms with Gasteiger partial charge in [-0.3, -0.25) is 0 Å². The summed E-state index contributed by atoms with van der Waals surface area (Å²) in [5.74, 6) is 3.52. The first-order valence-corrected chi connectivity index (χ1v) is 11.5. The van der Waals surface area contributed by atoms with Gasteiger partial charge in [0, 0.05) is 37.6 Å². The molecule has 1 heterocycles. The van der Waals surface area contributed by atoms with Crippen molar-refractivity contribution in [2.45, 2.75) is 71.6 Å². The molecule has 0 spiro atoms. The zero-order chi connectivity index (χ0) is 21.9. The highest BCUT2D eigenvalue weighted by Gasteiger charge is 2.20. The van der Waals surface area contributed by atoms with Crippen LogP contribution in [0.25, 0.3) is 0 Å². The summed E-state index contributed by atoms with van der Waals surface area (Å²) in [7, 11) is 1.70. The maximum atomic E-state index is 6.34. The molecule has 0 aliphatic heterocycles. The fourth-order valence-electron chi connectivity index (χ4n) is 3.91. The minimum atomic E-state index is 0.282. The number of methoxy groups -OCH3 is 1. The van der Waals surface area contributed by atoms with Crippen molar-refractivity contribution in [1.82, 2.24) is 20.2 Å². The lowest BCUT2D eigenvalue weighted by Gasteiger charge is -2.19. The van der Waals surface area contributed by atoms with Gasteiger partial charge >= 0.3 is 0 Å². The van der Waals surface area contributed by atoms with E-state index in [0.717, 1.165) is 74.2 Å². The Morgan fingerprint density at radius 1 is 1.23 bits per heavy atom. The van der Waals surface area contributed by atoms with Gasteiger partial charge in [-0.05, 0) is 58.4 Å². The Morgan fingerprint density at radius 3 is 2.77 bits per heavy atom. The number of rotatable bonds is 11. The number of imidazole rings is 1. The van der Waals surface area contributed by atoms with E-state index < -0.39 is 0 Å². The summed E-state index contributed by atoms with van der Waals surface area (Å²) in [6, 6.07) is 6.04. The van der Waals surface area contributed by atoms with Crippen LogP contribution in [-0.2, 0) is 13.1 Å². The van der Waals surface area contributed by atoms with Crippen LogP contribution >= 0.6 is 0 Å². The van der Waals surface area contributed by atoms with E-state index in [0.29, 0.717) is 6.54 Å². The lowest BCUT2D eigenvalue weighted by Crippen LogP contribution is -2.37. The monoisotopic (exact) mass is 427 g/mol.